The first-order valence-corrected chi connectivity index (χ1v) is 11.8. The Morgan fingerprint density at radius 2 is 1.75 bits per heavy atom. The molecule has 4 aliphatic rings. The largest absolute Gasteiger partial charge is 0.494 e. The minimum Gasteiger partial charge on any atom is -0.399 e. The van der Waals surface area contributed by atoms with Crippen molar-refractivity contribution in [3.05, 3.63) is 23.8 Å². The lowest BCUT2D eigenvalue weighted by Crippen LogP contribution is -2.50. The molecule has 8 heteroatoms. The van der Waals surface area contributed by atoms with Crippen molar-refractivity contribution in [1.82, 2.24) is 4.90 Å². The molecule has 0 bridgehead atoms. The van der Waals surface area contributed by atoms with Gasteiger partial charge >= 0.3 is 7.12 Å². The van der Waals surface area contributed by atoms with E-state index in [1.54, 1.807) is 0 Å². The van der Waals surface area contributed by atoms with Gasteiger partial charge in [0.2, 0.25) is 5.91 Å². The number of carbonyl (C=O) groups is 2. The molecule has 1 spiro atoms. The summed E-state index contributed by atoms with van der Waals surface area (Å²) >= 11 is 0. The topological polar surface area (TPSA) is 77.1 Å². The number of anilines is 1. The first kappa shape index (κ1) is 21.9. The Morgan fingerprint density at radius 3 is 2.34 bits per heavy atom. The molecule has 2 atom stereocenters. The highest BCUT2D eigenvalue weighted by atomic mass is 16.7. The molecule has 1 aromatic rings. The van der Waals surface area contributed by atoms with Crippen LogP contribution in [-0.4, -0.2) is 60.3 Å². The van der Waals surface area contributed by atoms with Crippen LogP contribution in [0.4, 0.5) is 5.69 Å². The van der Waals surface area contributed by atoms with Crippen molar-refractivity contribution in [2.45, 2.75) is 89.1 Å². The molecule has 7 nitrogen and oxygen atoms in total. The minimum absolute atomic E-state index is 0.0244. The molecule has 1 aromatic carbocycles. The summed E-state index contributed by atoms with van der Waals surface area (Å²) in [6, 6.07) is 6.02. The zero-order valence-corrected chi connectivity index (χ0v) is 19.7. The Balaban J connectivity index is 1.32. The Labute approximate surface area is 190 Å². The molecule has 4 heterocycles. The number of piperidine rings is 1. The van der Waals surface area contributed by atoms with Gasteiger partial charge in [-0.2, -0.15) is 0 Å². The van der Waals surface area contributed by atoms with Crippen molar-refractivity contribution in [3.63, 3.8) is 0 Å². The van der Waals surface area contributed by atoms with Crippen LogP contribution >= 0.6 is 0 Å². The van der Waals surface area contributed by atoms with Crippen LogP contribution in [0.2, 0.25) is 0 Å². The van der Waals surface area contributed by atoms with Crippen LogP contribution in [0, 0.1) is 0 Å². The van der Waals surface area contributed by atoms with Crippen LogP contribution in [0.5, 0.6) is 0 Å². The molecular formula is C24H33BN2O5. The summed E-state index contributed by atoms with van der Waals surface area (Å²) in [5, 5.41) is 3.09. The van der Waals surface area contributed by atoms with E-state index in [-0.39, 0.29) is 24.0 Å². The molecule has 3 saturated heterocycles. The maximum absolute atomic E-state index is 13.1. The number of fused-ring (bicyclic) bond motifs is 2. The molecule has 172 valence electrons. The van der Waals surface area contributed by atoms with Gasteiger partial charge in [0.25, 0.3) is 5.91 Å². The molecule has 2 amide bonds. The van der Waals surface area contributed by atoms with Gasteiger partial charge in [-0.15, -0.1) is 0 Å². The molecular weight excluding hydrogens is 407 g/mol. The minimum atomic E-state index is -0.579. The fraction of sp³-hybridized carbons (Fsp3) is 0.667. The number of rotatable bonds is 2. The highest BCUT2D eigenvalue weighted by Crippen LogP contribution is 2.45. The molecule has 1 N–H and O–H groups in total. The number of hydrogen-bond acceptors (Lipinski definition) is 5. The number of benzene rings is 1. The first-order valence-electron chi connectivity index (χ1n) is 11.8. The number of amides is 2. The summed E-state index contributed by atoms with van der Waals surface area (Å²) in [6.07, 6.45) is 2.77. The second-order valence-electron chi connectivity index (χ2n) is 10.8. The number of likely N-dealkylation sites (tertiary alicyclic amines) is 1. The lowest BCUT2D eigenvalue weighted by Gasteiger charge is -2.38. The van der Waals surface area contributed by atoms with Gasteiger partial charge in [0, 0.05) is 18.8 Å². The normalized spacial score (nSPS) is 30.0. The lowest BCUT2D eigenvalue weighted by molar-refractivity contribution is -0.145. The highest BCUT2D eigenvalue weighted by Gasteiger charge is 2.53. The fourth-order valence-corrected chi connectivity index (χ4v) is 5.37. The molecule has 32 heavy (non-hydrogen) atoms. The van der Waals surface area contributed by atoms with Crippen molar-refractivity contribution in [3.8, 4) is 0 Å². The Morgan fingerprint density at radius 1 is 1.09 bits per heavy atom. The van der Waals surface area contributed by atoms with E-state index in [9.17, 15) is 9.59 Å². The third-order valence-electron chi connectivity index (χ3n) is 8.20. The summed E-state index contributed by atoms with van der Waals surface area (Å²) in [7, 11) is -0.466. The van der Waals surface area contributed by atoms with E-state index in [2.05, 4.69) is 5.32 Å². The van der Waals surface area contributed by atoms with E-state index in [4.69, 9.17) is 14.0 Å². The Kier molecular flexibility index (Phi) is 5.00. The van der Waals surface area contributed by atoms with Crippen molar-refractivity contribution in [2.24, 2.45) is 0 Å². The van der Waals surface area contributed by atoms with Gasteiger partial charge in [-0.05, 0) is 77.4 Å². The predicted octanol–water partition coefficient (Wildman–Crippen LogP) is 2.37. The number of nitrogens with one attached hydrogen (secondary N) is 1. The first-order chi connectivity index (χ1) is 15.0. The van der Waals surface area contributed by atoms with E-state index < -0.39 is 23.7 Å². The van der Waals surface area contributed by atoms with Crippen LogP contribution in [0.1, 0.15) is 65.9 Å². The Hall–Kier alpha value is -1.90. The zero-order chi connectivity index (χ0) is 22.9. The summed E-state index contributed by atoms with van der Waals surface area (Å²) in [6.45, 7) is 11.3. The molecule has 0 radical (unpaired) electrons. The zero-order valence-electron chi connectivity index (χ0n) is 19.7. The average molecular weight is 440 g/mol. The summed E-state index contributed by atoms with van der Waals surface area (Å²) < 4.78 is 18.1. The van der Waals surface area contributed by atoms with Gasteiger partial charge in [0.05, 0.1) is 22.7 Å². The van der Waals surface area contributed by atoms with Gasteiger partial charge in [-0.3, -0.25) is 9.59 Å². The smallest absolute Gasteiger partial charge is 0.399 e. The van der Waals surface area contributed by atoms with Crippen molar-refractivity contribution < 1.29 is 23.6 Å². The van der Waals surface area contributed by atoms with E-state index in [1.165, 1.54) is 0 Å². The van der Waals surface area contributed by atoms with Gasteiger partial charge in [0.15, 0.2) is 0 Å². The summed E-state index contributed by atoms with van der Waals surface area (Å²) in [5.41, 5.74) is 1.34. The molecule has 3 fully saturated rings. The van der Waals surface area contributed by atoms with E-state index >= 15 is 0 Å². The van der Waals surface area contributed by atoms with Crippen molar-refractivity contribution in [2.75, 3.05) is 18.4 Å². The number of carbonyl (C=O) groups excluding carboxylic acids is 2. The van der Waals surface area contributed by atoms with Crippen LogP contribution in [0.25, 0.3) is 0 Å². The van der Waals surface area contributed by atoms with Crippen molar-refractivity contribution in [1.29, 1.82) is 0 Å². The molecule has 0 unspecified atom stereocenters. The number of nitrogens with zero attached hydrogens (tertiary/aromatic N) is 1. The van der Waals surface area contributed by atoms with Crippen LogP contribution in [-0.2, 0) is 29.0 Å². The van der Waals surface area contributed by atoms with E-state index in [1.807, 2.05) is 57.7 Å². The number of hydrogen-bond donors (Lipinski definition) is 1. The maximum Gasteiger partial charge on any atom is 0.494 e. The standard InChI is InChI=1S/C24H33BN2O5/c1-15-6-9-19(30-15)20(28)27-12-10-24(11-13-27)17-8-7-16(14-18(17)26-21(24)29)25-31-22(2,3)23(4,5)32-25/h7-8,14-15,19H,6,9-13H2,1-5H3,(H,26,29)/t15-,19-/m1/s1. The molecule has 4 aliphatic heterocycles. The fourth-order valence-electron chi connectivity index (χ4n) is 5.37. The summed E-state index contributed by atoms with van der Waals surface area (Å²) in [4.78, 5) is 27.8. The highest BCUT2D eigenvalue weighted by molar-refractivity contribution is 6.62. The second kappa shape index (κ2) is 7.30. The van der Waals surface area contributed by atoms with E-state index in [0.29, 0.717) is 25.9 Å². The number of ether oxygens (including phenoxy) is 1. The summed E-state index contributed by atoms with van der Waals surface area (Å²) in [5.74, 6) is 0.0929. The van der Waals surface area contributed by atoms with Crippen LogP contribution in [0.15, 0.2) is 18.2 Å². The third-order valence-corrected chi connectivity index (χ3v) is 8.20. The molecule has 5 rings (SSSR count). The monoisotopic (exact) mass is 440 g/mol. The van der Waals surface area contributed by atoms with Crippen molar-refractivity contribution >= 4 is 30.1 Å². The Bertz CT molecular complexity index is 938. The van der Waals surface area contributed by atoms with Gasteiger partial charge in [-0.1, -0.05) is 12.1 Å². The quantitative estimate of drug-likeness (QED) is 0.715. The predicted molar refractivity (Wildman–Crippen MR) is 122 cm³/mol. The lowest BCUT2D eigenvalue weighted by atomic mass is 9.71. The second-order valence-corrected chi connectivity index (χ2v) is 10.8. The molecule has 0 aromatic heterocycles. The maximum atomic E-state index is 13.1. The average Bonchev–Trinajstić information content (AvgIpc) is 3.35. The molecule has 0 aliphatic carbocycles. The van der Waals surface area contributed by atoms with Gasteiger partial charge in [0.1, 0.15) is 6.10 Å². The third kappa shape index (κ3) is 3.30. The van der Waals surface area contributed by atoms with E-state index in [0.717, 1.165) is 29.6 Å². The SMILES string of the molecule is C[C@@H]1CC[C@H](C(=O)N2CCC3(CC2)C(=O)Nc2cc(B4OC(C)(C)C(C)(C)O4)ccc23)O1. The van der Waals surface area contributed by atoms with Crippen LogP contribution < -0.4 is 10.8 Å². The molecule has 0 saturated carbocycles. The van der Waals surface area contributed by atoms with Gasteiger partial charge in [-0.25, -0.2) is 0 Å². The van der Waals surface area contributed by atoms with Gasteiger partial charge < -0.3 is 24.3 Å². The van der Waals surface area contributed by atoms with Crippen LogP contribution in [0.3, 0.4) is 0 Å².